The van der Waals surface area contributed by atoms with Crippen LogP contribution in [0.5, 0.6) is 0 Å². The number of piperidine rings is 1. The largest absolute Gasteiger partial charge is 0.347 e. The van der Waals surface area contributed by atoms with E-state index in [4.69, 9.17) is 0 Å². The van der Waals surface area contributed by atoms with Gasteiger partial charge in [0.1, 0.15) is 5.82 Å². The Morgan fingerprint density at radius 1 is 1.35 bits per heavy atom. The molecule has 5 heteroatoms. The van der Waals surface area contributed by atoms with Crippen LogP contribution in [0.2, 0.25) is 0 Å². The molecule has 104 valence electrons. The molecule has 4 nitrogen and oxygen atoms in total. The predicted molar refractivity (Wildman–Crippen MR) is 80.4 cm³/mol. The zero-order chi connectivity index (χ0) is 13.9. The fraction of sp³-hybridized carbons (Fsp3) is 0.333. The van der Waals surface area contributed by atoms with Crippen LogP contribution >= 0.6 is 15.9 Å². The number of likely N-dealkylation sites (tertiary alicyclic amines) is 1. The zero-order valence-corrected chi connectivity index (χ0v) is 12.6. The van der Waals surface area contributed by atoms with E-state index in [0.717, 1.165) is 36.1 Å². The standard InChI is InChI=1S/C15H16BrN3O/c16-12-6-2-1-5-11(12)15(20)19-10-4-3-7-13(19)14-17-8-9-18-14/h1-2,5-6,8-9,13H,3-4,7,10H2,(H,17,18). The van der Waals surface area contributed by atoms with E-state index in [9.17, 15) is 4.79 Å². The molecule has 0 bridgehead atoms. The fourth-order valence-corrected chi connectivity index (χ4v) is 3.16. The third-order valence-corrected chi connectivity index (χ3v) is 4.39. The van der Waals surface area contributed by atoms with Gasteiger partial charge in [-0.1, -0.05) is 12.1 Å². The van der Waals surface area contributed by atoms with Gasteiger partial charge in [0.15, 0.2) is 0 Å². The van der Waals surface area contributed by atoms with E-state index in [1.54, 1.807) is 6.20 Å². The minimum Gasteiger partial charge on any atom is -0.347 e. The van der Waals surface area contributed by atoms with Crippen molar-refractivity contribution in [3.63, 3.8) is 0 Å². The highest BCUT2D eigenvalue weighted by Gasteiger charge is 2.30. The highest BCUT2D eigenvalue weighted by Crippen LogP contribution is 2.31. The number of hydrogen-bond donors (Lipinski definition) is 1. The number of H-pyrrole nitrogens is 1. The summed E-state index contributed by atoms with van der Waals surface area (Å²) in [6.45, 7) is 0.783. The van der Waals surface area contributed by atoms with E-state index < -0.39 is 0 Å². The van der Waals surface area contributed by atoms with Gasteiger partial charge in [-0.3, -0.25) is 4.79 Å². The first-order valence-electron chi connectivity index (χ1n) is 6.82. The summed E-state index contributed by atoms with van der Waals surface area (Å²) in [5, 5.41) is 0. The van der Waals surface area contributed by atoms with E-state index in [1.165, 1.54) is 0 Å². The van der Waals surface area contributed by atoms with Crippen molar-refractivity contribution in [2.24, 2.45) is 0 Å². The van der Waals surface area contributed by atoms with Gasteiger partial charge < -0.3 is 9.88 Å². The first-order chi connectivity index (χ1) is 9.77. The number of halogens is 1. The molecule has 1 aliphatic rings. The quantitative estimate of drug-likeness (QED) is 0.913. The van der Waals surface area contributed by atoms with Gasteiger partial charge in [0.25, 0.3) is 5.91 Å². The Labute approximate surface area is 126 Å². The molecule has 1 aromatic heterocycles. The monoisotopic (exact) mass is 333 g/mol. The van der Waals surface area contributed by atoms with Crippen LogP contribution in [0.15, 0.2) is 41.1 Å². The third-order valence-electron chi connectivity index (χ3n) is 3.70. The highest BCUT2D eigenvalue weighted by molar-refractivity contribution is 9.10. The number of imidazole rings is 1. The van der Waals surface area contributed by atoms with Crippen molar-refractivity contribution < 1.29 is 4.79 Å². The molecule has 2 heterocycles. The van der Waals surface area contributed by atoms with E-state index in [0.29, 0.717) is 5.56 Å². The molecule has 0 radical (unpaired) electrons. The summed E-state index contributed by atoms with van der Waals surface area (Å²) in [6, 6.07) is 7.63. The Kier molecular flexibility index (Phi) is 3.87. The molecule has 1 N–H and O–H groups in total. The molecule has 1 atom stereocenters. The average Bonchev–Trinajstić information content (AvgIpc) is 3.01. The topological polar surface area (TPSA) is 49.0 Å². The Bertz CT molecular complexity index is 597. The fourth-order valence-electron chi connectivity index (χ4n) is 2.71. The number of carbonyl (C=O) groups excluding carboxylic acids is 1. The second-order valence-corrected chi connectivity index (χ2v) is 5.82. The van der Waals surface area contributed by atoms with Gasteiger partial charge in [0.2, 0.25) is 0 Å². The smallest absolute Gasteiger partial charge is 0.255 e. The number of aromatic nitrogens is 2. The third kappa shape index (κ3) is 2.50. The molecule has 0 spiro atoms. The zero-order valence-electron chi connectivity index (χ0n) is 11.1. The second-order valence-electron chi connectivity index (χ2n) is 4.96. The van der Waals surface area contributed by atoms with Gasteiger partial charge in [-0.15, -0.1) is 0 Å². The minimum atomic E-state index is 0.0540. The van der Waals surface area contributed by atoms with Crippen LogP contribution in [-0.4, -0.2) is 27.3 Å². The maximum atomic E-state index is 12.8. The van der Waals surface area contributed by atoms with Crippen LogP contribution in [0, 0.1) is 0 Å². The molecular weight excluding hydrogens is 318 g/mol. The molecule has 1 saturated heterocycles. The van der Waals surface area contributed by atoms with Gasteiger partial charge in [0.05, 0.1) is 11.6 Å². The summed E-state index contributed by atoms with van der Waals surface area (Å²) in [6.07, 6.45) is 6.69. The van der Waals surface area contributed by atoms with Gasteiger partial charge in [-0.05, 0) is 47.3 Å². The maximum absolute atomic E-state index is 12.8. The van der Waals surface area contributed by atoms with Crippen molar-refractivity contribution in [2.45, 2.75) is 25.3 Å². The number of rotatable bonds is 2. The van der Waals surface area contributed by atoms with Crippen LogP contribution in [0.25, 0.3) is 0 Å². The number of aromatic amines is 1. The molecular formula is C15H16BrN3O. The van der Waals surface area contributed by atoms with Gasteiger partial charge >= 0.3 is 0 Å². The van der Waals surface area contributed by atoms with Crippen LogP contribution in [0.1, 0.15) is 41.5 Å². The second kappa shape index (κ2) is 5.79. The number of carbonyl (C=O) groups is 1. The lowest BCUT2D eigenvalue weighted by atomic mass is 10.00. The Hall–Kier alpha value is -1.62. The molecule has 1 fully saturated rings. The highest BCUT2D eigenvalue weighted by atomic mass is 79.9. The number of hydrogen-bond acceptors (Lipinski definition) is 2. The molecule has 1 amide bonds. The SMILES string of the molecule is O=C(c1ccccc1Br)N1CCCCC1c1ncc[nH]1. The summed E-state index contributed by atoms with van der Waals surface area (Å²) >= 11 is 3.46. The van der Waals surface area contributed by atoms with Crippen molar-refractivity contribution in [1.82, 2.24) is 14.9 Å². The predicted octanol–water partition coefficient (Wildman–Crippen LogP) is 3.54. The minimum absolute atomic E-state index is 0.0540. The van der Waals surface area contributed by atoms with E-state index in [2.05, 4.69) is 25.9 Å². The van der Waals surface area contributed by atoms with Crippen molar-refractivity contribution in [1.29, 1.82) is 0 Å². The Morgan fingerprint density at radius 3 is 2.95 bits per heavy atom. The molecule has 0 saturated carbocycles. The number of nitrogens with zero attached hydrogens (tertiary/aromatic N) is 2. The summed E-state index contributed by atoms with van der Waals surface area (Å²) in [5.74, 6) is 0.948. The first kappa shape index (κ1) is 13.4. The summed E-state index contributed by atoms with van der Waals surface area (Å²) in [4.78, 5) is 22.2. The van der Waals surface area contributed by atoms with Crippen LogP contribution in [0.3, 0.4) is 0 Å². The normalized spacial score (nSPS) is 19.1. The van der Waals surface area contributed by atoms with Gasteiger partial charge in [-0.25, -0.2) is 4.98 Å². The lowest BCUT2D eigenvalue weighted by Crippen LogP contribution is -2.39. The molecule has 0 aliphatic carbocycles. The number of nitrogens with one attached hydrogen (secondary N) is 1. The summed E-state index contributed by atoms with van der Waals surface area (Å²) in [5.41, 5.74) is 0.714. The lowest BCUT2D eigenvalue weighted by molar-refractivity contribution is 0.0600. The lowest BCUT2D eigenvalue weighted by Gasteiger charge is -2.34. The van der Waals surface area contributed by atoms with Crippen molar-refractivity contribution in [3.05, 3.63) is 52.5 Å². The van der Waals surface area contributed by atoms with E-state index in [-0.39, 0.29) is 11.9 Å². The van der Waals surface area contributed by atoms with Gasteiger partial charge in [0, 0.05) is 23.4 Å². The summed E-state index contributed by atoms with van der Waals surface area (Å²) < 4.78 is 0.841. The van der Waals surface area contributed by atoms with Gasteiger partial charge in [-0.2, -0.15) is 0 Å². The first-order valence-corrected chi connectivity index (χ1v) is 7.61. The molecule has 1 unspecified atom stereocenters. The van der Waals surface area contributed by atoms with Crippen molar-refractivity contribution >= 4 is 21.8 Å². The van der Waals surface area contributed by atoms with Crippen molar-refractivity contribution in [3.8, 4) is 0 Å². The Morgan fingerprint density at radius 2 is 2.20 bits per heavy atom. The number of benzene rings is 1. The molecule has 20 heavy (non-hydrogen) atoms. The van der Waals surface area contributed by atoms with Crippen LogP contribution in [-0.2, 0) is 0 Å². The van der Waals surface area contributed by atoms with E-state index in [1.807, 2.05) is 35.4 Å². The Balaban J connectivity index is 1.90. The summed E-state index contributed by atoms with van der Waals surface area (Å²) in [7, 11) is 0. The maximum Gasteiger partial charge on any atom is 0.255 e. The van der Waals surface area contributed by atoms with Crippen LogP contribution in [0.4, 0.5) is 0 Å². The molecule has 1 aromatic carbocycles. The van der Waals surface area contributed by atoms with E-state index >= 15 is 0 Å². The van der Waals surface area contributed by atoms with Crippen molar-refractivity contribution in [2.75, 3.05) is 6.54 Å². The molecule has 3 rings (SSSR count). The average molecular weight is 334 g/mol. The molecule has 1 aliphatic heterocycles. The number of amides is 1. The molecule has 2 aromatic rings. The van der Waals surface area contributed by atoms with Crippen LogP contribution < -0.4 is 0 Å².